The number of amides is 1. The van der Waals surface area contributed by atoms with Gasteiger partial charge in [0.25, 0.3) is 5.91 Å². The molecule has 0 radical (unpaired) electrons. The molecular formula is C11H10BrN3O2S. The summed E-state index contributed by atoms with van der Waals surface area (Å²) in [6, 6.07) is 5.30. The monoisotopic (exact) mass is 327 g/mol. The van der Waals surface area contributed by atoms with Crippen LogP contribution in [0.1, 0.15) is 10.5 Å². The number of anilines is 2. The molecule has 7 heteroatoms. The van der Waals surface area contributed by atoms with E-state index in [0.717, 1.165) is 4.47 Å². The van der Waals surface area contributed by atoms with Crippen molar-refractivity contribution in [3.05, 3.63) is 33.7 Å². The van der Waals surface area contributed by atoms with Gasteiger partial charge in [0.15, 0.2) is 5.13 Å². The molecule has 0 saturated heterocycles. The van der Waals surface area contributed by atoms with Crippen molar-refractivity contribution in [2.24, 2.45) is 0 Å². The molecule has 0 aliphatic heterocycles. The summed E-state index contributed by atoms with van der Waals surface area (Å²) in [6.07, 6.45) is 0. The average Bonchev–Trinajstić information content (AvgIpc) is 2.75. The number of aromatic nitrogens is 1. The van der Waals surface area contributed by atoms with Crippen LogP contribution in [-0.4, -0.2) is 18.0 Å². The van der Waals surface area contributed by atoms with Gasteiger partial charge in [-0.25, -0.2) is 4.98 Å². The second kappa shape index (κ2) is 5.36. The third kappa shape index (κ3) is 2.99. The van der Waals surface area contributed by atoms with Crippen molar-refractivity contribution >= 4 is 44.0 Å². The van der Waals surface area contributed by atoms with Crippen molar-refractivity contribution in [3.8, 4) is 5.75 Å². The van der Waals surface area contributed by atoms with Crippen molar-refractivity contribution in [1.82, 2.24) is 4.98 Å². The molecule has 0 aliphatic carbocycles. The lowest BCUT2D eigenvalue weighted by atomic mass is 10.3. The number of methoxy groups -OCH3 is 1. The van der Waals surface area contributed by atoms with E-state index >= 15 is 0 Å². The fourth-order valence-electron chi connectivity index (χ4n) is 1.34. The summed E-state index contributed by atoms with van der Waals surface area (Å²) < 4.78 is 5.93. The molecule has 0 saturated carbocycles. The van der Waals surface area contributed by atoms with E-state index in [1.54, 1.807) is 30.7 Å². The van der Waals surface area contributed by atoms with Gasteiger partial charge in [0, 0.05) is 21.6 Å². The molecule has 5 nitrogen and oxygen atoms in total. The summed E-state index contributed by atoms with van der Waals surface area (Å²) in [5.41, 5.74) is 6.40. The summed E-state index contributed by atoms with van der Waals surface area (Å²) in [4.78, 5) is 15.8. The van der Waals surface area contributed by atoms with Gasteiger partial charge in [-0.15, -0.1) is 11.3 Å². The van der Waals surface area contributed by atoms with Crippen LogP contribution in [0, 0.1) is 0 Å². The van der Waals surface area contributed by atoms with E-state index in [1.807, 2.05) is 0 Å². The predicted octanol–water partition coefficient (Wildman–Crippen LogP) is 2.75. The fourth-order valence-corrected chi connectivity index (χ4v) is 2.36. The molecule has 0 fully saturated rings. The number of nitrogens with two attached hydrogens (primary N) is 1. The first-order valence-corrected chi connectivity index (χ1v) is 6.62. The molecule has 0 aliphatic rings. The second-order valence-electron chi connectivity index (χ2n) is 3.40. The van der Waals surface area contributed by atoms with Crippen LogP contribution < -0.4 is 15.8 Å². The topological polar surface area (TPSA) is 77.2 Å². The smallest absolute Gasteiger partial charge is 0.275 e. The molecule has 1 amide bonds. The van der Waals surface area contributed by atoms with Crippen LogP contribution in [0.4, 0.5) is 10.8 Å². The number of nitrogens with zero attached hydrogens (tertiary/aromatic N) is 1. The molecule has 1 aromatic heterocycles. The number of benzene rings is 1. The Kier molecular flexibility index (Phi) is 3.83. The molecule has 0 atom stereocenters. The summed E-state index contributed by atoms with van der Waals surface area (Å²) in [7, 11) is 1.56. The largest absolute Gasteiger partial charge is 0.497 e. The maximum absolute atomic E-state index is 11.9. The zero-order valence-electron chi connectivity index (χ0n) is 9.44. The van der Waals surface area contributed by atoms with E-state index in [9.17, 15) is 4.79 Å². The SMILES string of the molecule is COc1cc(Br)cc(NC(=O)c2csc(N)n2)c1. The van der Waals surface area contributed by atoms with Crippen LogP contribution in [0.15, 0.2) is 28.1 Å². The van der Waals surface area contributed by atoms with Crippen molar-refractivity contribution in [2.75, 3.05) is 18.2 Å². The second-order valence-corrected chi connectivity index (χ2v) is 5.21. The van der Waals surface area contributed by atoms with Gasteiger partial charge in [-0.1, -0.05) is 15.9 Å². The Morgan fingerprint density at radius 3 is 2.89 bits per heavy atom. The maximum atomic E-state index is 11.9. The number of carbonyl (C=O) groups excluding carboxylic acids is 1. The van der Waals surface area contributed by atoms with Crippen molar-refractivity contribution in [1.29, 1.82) is 0 Å². The van der Waals surface area contributed by atoms with E-state index in [2.05, 4.69) is 26.2 Å². The number of nitrogen functional groups attached to an aromatic ring is 1. The number of rotatable bonds is 3. The van der Waals surface area contributed by atoms with Crippen molar-refractivity contribution < 1.29 is 9.53 Å². The molecule has 1 heterocycles. The zero-order chi connectivity index (χ0) is 13.1. The summed E-state index contributed by atoms with van der Waals surface area (Å²) in [6.45, 7) is 0. The molecule has 0 unspecified atom stereocenters. The van der Waals surface area contributed by atoms with E-state index in [4.69, 9.17) is 10.5 Å². The summed E-state index contributed by atoms with van der Waals surface area (Å²) in [5, 5.41) is 4.71. The van der Waals surface area contributed by atoms with Gasteiger partial charge < -0.3 is 15.8 Å². The Hall–Kier alpha value is -1.60. The van der Waals surface area contributed by atoms with E-state index in [0.29, 0.717) is 22.3 Å². The van der Waals surface area contributed by atoms with Crippen LogP contribution in [-0.2, 0) is 0 Å². The van der Waals surface area contributed by atoms with Crippen LogP contribution in [0.25, 0.3) is 0 Å². The van der Waals surface area contributed by atoms with Crippen LogP contribution in [0.3, 0.4) is 0 Å². The van der Waals surface area contributed by atoms with Crippen molar-refractivity contribution in [2.45, 2.75) is 0 Å². The van der Waals surface area contributed by atoms with Gasteiger partial charge >= 0.3 is 0 Å². The Labute approximate surface area is 116 Å². The third-order valence-corrected chi connectivity index (χ3v) is 3.25. The minimum Gasteiger partial charge on any atom is -0.497 e. The molecular weight excluding hydrogens is 318 g/mol. The molecule has 2 rings (SSSR count). The van der Waals surface area contributed by atoms with E-state index in [-0.39, 0.29) is 5.91 Å². The van der Waals surface area contributed by atoms with Gasteiger partial charge in [-0.2, -0.15) is 0 Å². The minimum absolute atomic E-state index is 0.302. The summed E-state index contributed by atoms with van der Waals surface area (Å²) in [5.74, 6) is 0.348. The standard InChI is InChI=1S/C11H10BrN3O2S/c1-17-8-3-6(12)2-7(4-8)14-10(16)9-5-18-11(13)15-9/h2-5H,1H3,(H2,13,15)(H,14,16). The van der Waals surface area contributed by atoms with Gasteiger partial charge in [0.1, 0.15) is 11.4 Å². The Balaban J connectivity index is 2.18. The van der Waals surface area contributed by atoms with Gasteiger partial charge in [0.2, 0.25) is 0 Å². The normalized spacial score (nSPS) is 10.1. The molecule has 1 aromatic carbocycles. The Bertz CT molecular complexity index is 585. The molecule has 18 heavy (non-hydrogen) atoms. The number of hydrogen-bond acceptors (Lipinski definition) is 5. The first-order valence-electron chi connectivity index (χ1n) is 4.95. The van der Waals surface area contributed by atoms with Crippen molar-refractivity contribution in [3.63, 3.8) is 0 Å². The maximum Gasteiger partial charge on any atom is 0.275 e. The fraction of sp³-hybridized carbons (Fsp3) is 0.0909. The van der Waals surface area contributed by atoms with Gasteiger partial charge in [-0.3, -0.25) is 4.79 Å². The highest BCUT2D eigenvalue weighted by molar-refractivity contribution is 9.10. The highest BCUT2D eigenvalue weighted by Crippen LogP contribution is 2.25. The van der Waals surface area contributed by atoms with Gasteiger partial charge in [0.05, 0.1) is 7.11 Å². The lowest BCUT2D eigenvalue weighted by molar-refractivity contribution is 0.102. The first-order chi connectivity index (χ1) is 8.58. The van der Waals surface area contributed by atoms with Gasteiger partial charge in [-0.05, 0) is 12.1 Å². The Morgan fingerprint density at radius 2 is 2.28 bits per heavy atom. The Morgan fingerprint density at radius 1 is 1.50 bits per heavy atom. The molecule has 0 bridgehead atoms. The molecule has 2 aromatic rings. The van der Waals surface area contributed by atoms with Crippen LogP contribution >= 0.6 is 27.3 Å². The van der Waals surface area contributed by atoms with Crippen LogP contribution in [0.2, 0.25) is 0 Å². The van der Waals surface area contributed by atoms with E-state index in [1.165, 1.54) is 11.3 Å². The number of ether oxygens (including phenoxy) is 1. The predicted molar refractivity (Wildman–Crippen MR) is 75.2 cm³/mol. The average molecular weight is 328 g/mol. The molecule has 3 N–H and O–H groups in total. The van der Waals surface area contributed by atoms with E-state index < -0.39 is 0 Å². The number of hydrogen-bond donors (Lipinski definition) is 2. The lowest BCUT2D eigenvalue weighted by Gasteiger charge is -2.06. The zero-order valence-corrected chi connectivity index (χ0v) is 11.8. The number of carbonyl (C=O) groups is 1. The first kappa shape index (κ1) is 12.8. The quantitative estimate of drug-likeness (QED) is 0.908. The third-order valence-electron chi connectivity index (χ3n) is 2.12. The molecule has 0 spiro atoms. The number of halogens is 1. The van der Waals surface area contributed by atoms with Crippen LogP contribution in [0.5, 0.6) is 5.75 Å². The number of thiazole rings is 1. The minimum atomic E-state index is -0.303. The number of nitrogens with one attached hydrogen (secondary N) is 1. The summed E-state index contributed by atoms with van der Waals surface area (Å²) >= 11 is 4.57. The highest BCUT2D eigenvalue weighted by atomic mass is 79.9. The highest BCUT2D eigenvalue weighted by Gasteiger charge is 2.10. The molecule has 94 valence electrons. The lowest BCUT2D eigenvalue weighted by Crippen LogP contribution is -2.12.